The molecule has 7 aromatic rings. The van der Waals surface area contributed by atoms with Gasteiger partial charge in [-0.05, 0) is 24.3 Å². The quantitative estimate of drug-likeness (QED) is 0.322. The number of rotatable bonds is 3. The molecule has 36 heavy (non-hydrogen) atoms. The summed E-state index contributed by atoms with van der Waals surface area (Å²) in [6.07, 6.45) is 0. The summed E-state index contributed by atoms with van der Waals surface area (Å²) in [6.45, 7) is 0. The maximum absolute atomic E-state index is 13.2. The van der Waals surface area contributed by atoms with Gasteiger partial charge in [-0.1, -0.05) is 84.1 Å². The van der Waals surface area contributed by atoms with Crippen LogP contribution in [0.4, 0.5) is 0 Å². The predicted molar refractivity (Wildman–Crippen MR) is 142 cm³/mol. The first kappa shape index (κ1) is 20.5. The topological polar surface area (TPSA) is 85.9 Å². The van der Waals surface area contributed by atoms with Gasteiger partial charge in [-0.15, -0.1) is 0 Å². The molecule has 0 amide bonds. The molecule has 0 unspecified atom stereocenters. The number of para-hydroxylation sites is 1. The minimum atomic E-state index is -0.103. The van der Waals surface area contributed by atoms with Crippen LogP contribution < -0.4 is 5.56 Å². The van der Waals surface area contributed by atoms with E-state index in [1.807, 2.05) is 91.0 Å². The summed E-state index contributed by atoms with van der Waals surface area (Å²) in [6, 6.07) is 30.7. The van der Waals surface area contributed by atoms with Crippen LogP contribution in [0.5, 0.6) is 0 Å². The average molecular weight is 485 g/mol. The van der Waals surface area contributed by atoms with Gasteiger partial charge in [0.2, 0.25) is 0 Å². The molecule has 0 atom stereocenters. The van der Waals surface area contributed by atoms with Crippen molar-refractivity contribution in [1.29, 1.82) is 0 Å². The van der Waals surface area contributed by atoms with Gasteiger partial charge < -0.3 is 0 Å². The molecule has 0 fully saturated rings. The van der Waals surface area contributed by atoms with Crippen LogP contribution in [0.15, 0.2) is 102 Å². The Kier molecular flexibility index (Phi) is 4.65. The number of hydrogen-bond acceptors (Lipinski definition) is 7. The van der Waals surface area contributed by atoms with Crippen molar-refractivity contribution in [3.05, 3.63) is 107 Å². The minimum absolute atomic E-state index is 0.103. The summed E-state index contributed by atoms with van der Waals surface area (Å²) in [5.41, 5.74) is 3.67. The van der Waals surface area contributed by atoms with Gasteiger partial charge in [0.05, 0.1) is 16.4 Å². The highest BCUT2D eigenvalue weighted by molar-refractivity contribution is 7.23. The molecule has 0 aliphatic heterocycles. The number of pyridine rings is 1. The first-order chi connectivity index (χ1) is 17.7. The van der Waals surface area contributed by atoms with Crippen molar-refractivity contribution < 1.29 is 0 Å². The molecular weight excluding hydrogens is 468 g/mol. The zero-order valence-electron chi connectivity index (χ0n) is 18.7. The first-order valence-electron chi connectivity index (χ1n) is 11.3. The van der Waals surface area contributed by atoms with E-state index in [4.69, 9.17) is 19.9 Å². The normalized spacial score (nSPS) is 11.4. The van der Waals surface area contributed by atoms with Gasteiger partial charge >= 0.3 is 0 Å². The molecule has 170 valence electrons. The molecule has 7 rings (SSSR count). The van der Waals surface area contributed by atoms with Crippen molar-refractivity contribution in [2.24, 2.45) is 0 Å². The van der Waals surface area contributed by atoms with Crippen molar-refractivity contribution in [3.63, 3.8) is 0 Å². The average Bonchev–Trinajstić information content (AvgIpc) is 3.31. The van der Waals surface area contributed by atoms with Gasteiger partial charge in [0.15, 0.2) is 22.4 Å². The van der Waals surface area contributed by atoms with Crippen LogP contribution in [0.1, 0.15) is 0 Å². The van der Waals surface area contributed by atoms with Crippen molar-refractivity contribution in [3.8, 4) is 34.3 Å². The van der Waals surface area contributed by atoms with Gasteiger partial charge in [-0.3, -0.25) is 4.79 Å². The van der Waals surface area contributed by atoms with Crippen molar-refractivity contribution >= 4 is 37.5 Å². The zero-order chi connectivity index (χ0) is 24.1. The summed E-state index contributed by atoms with van der Waals surface area (Å²) >= 11 is 1.37. The second-order valence-electron chi connectivity index (χ2n) is 8.21. The van der Waals surface area contributed by atoms with Gasteiger partial charge in [0.25, 0.3) is 5.56 Å². The molecule has 0 aliphatic carbocycles. The summed E-state index contributed by atoms with van der Waals surface area (Å²) in [5.74, 6) is 1.61. The van der Waals surface area contributed by atoms with Crippen LogP contribution in [0.25, 0.3) is 60.5 Å². The fourth-order valence-electron chi connectivity index (χ4n) is 4.21. The van der Waals surface area contributed by atoms with E-state index < -0.39 is 0 Å². The highest BCUT2D eigenvalue weighted by atomic mass is 32.1. The molecule has 0 aliphatic rings. The fourth-order valence-corrected chi connectivity index (χ4v) is 5.20. The predicted octanol–water partition coefficient (Wildman–Crippen LogP) is 5.64. The number of fused-ring (bicyclic) bond motifs is 4. The second kappa shape index (κ2) is 8.14. The summed E-state index contributed by atoms with van der Waals surface area (Å²) in [7, 11) is 0. The highest BCUT2D eigenvalue weighted by Gasteiger charge is 2.16. The van der Waals surface area contributed by atoms with Crippen LogP contribution in [-0.2, 0) is 0 Å². The van der Waals surface area contributed by atoms with E-state index in [1.165, 1.54) is 11.3 Å². The lowest BCUT2D eigenvalue weighted by atomic mass is 10.2. The summed E-state index contributed by atoms with van der Waals surface area (Å²) < 4.78 is 1.62. The van der Waals surface area contributed by atoms with E-state index in [9.17, 15) is 4.79 Å². The van der Waals surface area contributed by atoms with Crippen LogP contribution in [0.2, 0.25) is 0 Å². The van der Waals surface area contributed by atoms with Crippen molar-refractivity contribution in [2.75, 3.05) is 0 Å². The molecule has 0 spiro atoms. The lowest BCUT2D eigenvalue weighted by Gasteiger charge is -2.08. The molecule has 0 bridgehead atoms. The summed E-state index contributed by atoms with van der Waals surface area (Å²) in [5, 5.41) is 0.580. The smallest absolute Gasteiger partial charge is 0.266 e. The Morgan fingerprint density at radius 2 is 1.19 bits per heavy atom. The molecule has 4 aromatic heterocycles. The molecule has 0 saturated heterocycles. The lowest BCUT2D eigenvalue weighted by Crippen LogP contribution is -2.13. The molecule has 3 aromatic carbocycles. The molecule has 8 heteroatoms. The molecule has 0 N–H and O–H groups in total. The molecule has 7 nitrogen and oxygen atoms in total. The van der Waals surface area contributed by atoms with Crippen molar-refractivity contribution in [2.45, 2.75) is 0 Å². The molecule has 0 saturated carbocycles. The number of nitrogens with zero attached hydrogens (tertiary/aromatic N) is 6. The van der Waals surface area contributed by atoms with Gasteiger partial charge in [-0.25, -0.2) is 29.3 Å². The largest absolute Gasteiger partial charge is 0.268 e. The maximum Gasteiger partial charge on any atom is 0.266 e. The van der Waals surface area contributed by atoms with Crippen LogP contribution >= 0.6 is 11.3 Å². The van der Waals surface area contributed by atoms with Gasteiger partial charge in [-0.2, -0.15) is 0 Å². The molecular formula is C28H16N6OS. The summed E-state index contributed by atoms with van der Waals surface area (Å²) in [4.78, 5) is 38.3. The Morgan fingerprint density at radius 3 is 1.89 bits per heavy atom. The highest BCUT2D eigenvalue weighted by Crippen LogP contribution is 2.28. The SMILES string of the molecule is O=c1c2ccccc2nc2sc3nc(-c4nc(-c5ccccc5)nc(-c5ccccc5)n4)ccc3n12. The van der Waals surface area contributed by atoms with Crippen LogP contribution in [0, 0.1) is 0 Å². The van der Waals surface area contributed by atoms with E-state index in [1.54, 1.807) is 10.5 Å². The third-order valence-corrected chi connectivity index (χ3v) is 6.89. The van der Waals surface area contributed by atoms with E-state index >= 15 is 0 Å². The first-order valence-corrected chi connectivity index (χ1v) is 12.1. The van der Waals surface area contributed by atoms with Crippen LogP contribution in [0.3, 0.4) is 0 Å². The Bertz CT molecular complexity index is 1910. The standard InChI is InChI=1S/C28H16N6OS/c35-27-19-13-7-8-14-20(19)30-28-34(27)22-16-15-21(29-26(22)36-28)25-32-23(17-9-3-1-4-10-17)31-24(33-25)18-11-5-2-6-12-18/h1-16H. The van der Waals surface area contributed by atoms with Crippen molar-refractivity contribution in [1.82, 2.24) is 29.3 Å². The lowest BCUT2D eigenvalue weighted by molar-refractivity contribution is 1.06. The second-order valence-corrected chi connectivity index (χ2v) is 9.17. The van der Waals surface area contributed by atoms with Gasteiger partial charge in [0, 0.05) is 11.1 Å². The Hall–Kier alpha value is -4.82. The molecule has 0 radical (unpaired) electrons. The Labute approximate surface area is 208 Å². The van der Waals surface area contributed by atoms with E-state index in [-0.39, 0.29) is 5.56 Å². The third-order valence-electron chi connectivity index (χ3n) is 5.94. The van der Waals surface area contributed by atoms with E-state index in [0.717, 1.165) is 11.1 Å². The molecule has 4 heterocycles. The monoisotopic (exact) mass is 484 g/mol. The number of benzene rings is 3. The maximum atomic E-state index is 13.2. The number of aromatic nitrogens is 6. The Balaban J connectivity index is 1.45. The van der Waals surface area contributed by atoms with E-state index in [0.29, 0.717) is 49.4 Å². The third kappa shape index (κ3) is 3.35. The fraction of sp³-hybridized carbons (Fsp3) is 0. The van der Waals surface area contributed by atoms with Gasteiger partial charge in [0.1, 0.15) is 10.5 Å². The van der Waals surface area contributed by atoms with E-state index in [2.05, 4.69) is 4.98 Å². The Morgan fingerprint density at radius 1 is 0.583 bits per heavy atom. The number of thiazole rings is 1. The van der Waals surface area contributed by atoms with Crippen LogP contribution in [-0.4, -0.2) is 29.3 Å². The zero-order valence-corrected chi connectivity index (χ0v) is 19.6. The minimum Gasteiger partial charge on any atom is -0.268 e. The number of hydrogen-bond donors (Lipinski definition) is 0.